The Morgan fingerprint density at radius 3 is 2.20 bits per heavy atom. The van der Waals surface area contributed by atoms with Gasteiger partial charge in [-0.15, -0.1) is 0 Å². The Bertz CT molecular complexity index is 843. The minimum absolute atomic E-state index is 0.0262. The van der Waals surface area contributed by atoms with Crippen LogP contribution in [-0.2, 0) is 15.8 Å². The lowest BCUT2D eigenvalue weighted by Crippen LogP contribution is -2.29. The Morgan fingerprint density at radius 1 is 1.00 bits per heavy atom. The SMILES string of the molecule is O=C(Nc1ccc(Br)cc1)c1ccc(CS(=O)(=O)N2CCCC2)cc1. The van der Waals surface area contributed by atoms with Gasteiger partial charge in [0.15, 0.2) is 0 Å². The van der Waals surface area contributed by atoms with Gasteiger partial charge in [0, 0.05) is 28.8 Å². The smallest absolute Gasteiger partial charge is 0.255 e. The number of hydrogen-bond donors (Lipinski definition) is 1. The molecule has 0 atom stereocenters. The number of rotatable bonds is 5. The van der Waals surface area contributed by atoms with E-state index in [9.17, 15) is 13.2 Å². The molecule has 0 unspecified atom stereocenters. The minimum atomic E-state index is -3.27. The molecule has 1 amide bonds. The number of amides is 1. The maximum absolute atomic E-state index is 12.3. The summed E-state index contributed by atoms with van der Waals surface area (Å²) in [6.07, 6.45) is 1.85. The molecule has 2 aromatic carbocycles. The highest BCUT2D eigenvalue weighted by atomic mass is 79.9. The molecule has 0 radical (unpaired) electrons. The molecule has 25 heavy (non-hydrogen) atoms. The van der Waals surface area contributed by atoms with Crippen LogP contribution in [0.2, 0.25) is 0 Å². The third-order valence-electron chi connectivity index (χ3n) is 4.13. The zero-order valence-corrected chi connectivity index (χ0v) is 16.0. The van der Waals surface area contributed by atoms with Crippen LogP contribution in [0.15, 0.2) is 53.0 Å². The highest BCUT2D eigenvalue weighted by Crippen LogP contribution is 2.18. The van der Waals surface area contributed by atoms with E-state index in [0.717, 1.165) is 17.3 Å². The van der Waals surface area contributed by atoms with Crippen LogP contribution in [0.3, 0.4) is 0 Å². The highest BCUT2D eigenvalue weighted by molar-refractivity contribution is 9.10. The lowest BCUT2D eigenvalue weighted by Gasteiger charge is -2.15. The fourth-order valence-corrected chi connectivity index (χ4v) is 4.63. The molecule has 5 nitrogen and oxygen atoms in total. The van der Waals surface area contributed by atoms with Crippen molar-refractivity contribution in [3.05, 3.63) is 64.1 Å². The molecule has 0 aliphatic carbocycles. The van der Waals surface area contributed by atoms with Crippen LogP contribution in [0, 0.1) is 0 Å². The lowest BCUT2D eigenvalue weighted by molar-refractivity contribution is 0.102. The van der Waals surface area contributed by atoms with Crippen molar-refractivity contribution in [1.29, 1.82) is 0 Å². The molecule has 0 saturated carbocycles. The number of sulfonamides is 1. The first kappa shape index (κ1) is 18.1. The number of nitrogens with zero attached hydrogens (tertiary/aromatic N) is 1. The van der Waals surface area contributed by atoms with Gasteiger partial charge in [0.1, 0.15) is 0 Å². The predicted octanol–water partition coefficient (Wildman–Crippen LogP) is 3.63. The van der Waals surface area contributed by atoms with Crippen LogP contribution in [0.5, 0.6) is 0 Å². The molecule has 1 aliphatic heterocycles. The molecule has 1 fully saturated rings. The van der Waals surface area contributed by atoms with Gasteiger partial charge in [-0.3, -0.25) is 4.79 Å². The number of anilines is 1. The van der Waals surface area contributed by atoms with Gasteiger partial charge in [0.05, 0.1) is 5.75 Å². The van der Waals surface area contributed by atoms with Gasteiger partial charge >= 0.3 is 0 Å². The monoisotopic (exact) mass is 422 g/mol. The van der Waals surface area contributed by atoms with E-state index in [1.165, 1.54) is 0 Å². The number of benzene rings is 2. The Balaban J connectivity index is 1.65. The van der Waals surface area contributed by atoms with Gasteiger partial charge in [0.2, 0.25) is 10.0 Å². The van der Waals surface area contributed by atoms with E-state index in [0.29, 0.717) is 29.9 Å². The van der Waals surface area contributed by atoms with Gasteiger partial charge in [-0.1, -0.05) is 28.1 Å². The normalized spacial score (nSPS) is 15.2. The third kappa shape index (κ3) is 4.68. The molecule has 2 aromatic rings. The lowest BCUT2D eigenvalue weighted by atomic mass is 10.1. The van der Waals surface area contributed by atoms with Gasteiger partial charge < -0.3 is 5.32 Å². The van der Waals surface area contributed by atoms with Crippen molar-refractivity contribution in [3.8, 4) is 0 Å². The molecule has 3 rings (SSSR count). The standard InChI is InChI=1S/C18H19BrN2O3S/c19-16-7-9-17(10-8-16)20-18(22)15-5-3-14(4-6-15)13-25(23,24)21-11-1-2-12-21/h3-10H,1-2,11-13H2,(H,20,22). The number of hydrogen-bond acceptors (Lipinski definition) is 3. The Kier molecular flexibility index (Phi) is 5.56. The molecular weight excluding hydrogens is 404 g/mol. The highest BCUT2D eigenvalue weighted by Gasteiger charge is 2.25. The number of halogens is 1. The summed E-state index contributed by atoms with van der Waals surface area (Å²) in [7, 11) is -3.27. The first-order valence-electron chi connectivity index (χ1n) is 8.08. The van der Waals surface area contributed by atoms with Crippen molar-refractivity contribution in [2.24, 2.45) is 0 Å². The van der Waals surface area contributed by atoms with Gasteiger partial charge in [-0.25, -0.2) is 12.7 Å². The van der Waals surface area contributed by atoms with Gasteiger partial charge in [-0.2, -0.15) is 0 Å². The molecule has 0 spiro atoms. The summed E-state index contributed by atoms with van der Waals surface area (Å²) >= 11 is 3.35. The van der Waals surface area contributed by atoms with Crippen molar-refractivity contribution in [3.63, 3.8) is 0 Å². The van der Waals surface area contributed by atoms with Crippen molar-refractivity contribution in [2.75, 3.05) is 18.4 Å². The number of carbonyl (C=O) groups is 1. The van der Waals surface area contributed by atoms with Crippen molar-refractivity contribution < 1.29 is 13.2 Å². The van der Waals surface area contributed by atoms with Crippen molar-refractivity contribution >= 4 is 37.5 Å². The number of nitrogens with one attached hydrogen (secondary N) is 1. The second kappa shape index (κ2) is 7.68. The summed E-state index contributed by atoms with van der Waals surface area (Å²) in [6, 6.07) is 14.0. The fourth-order valence-electron chi connectivity index (χ4n) is 2.76. The Labute approximate surface area is 156 Å². The average Bonchev–Trinajstić information content (AvgIpc) is 3.13. The Hall–Kier alpha value is -1.70. The van der Waals surface area contributed by atoms with E-state index < -0.39 is 10.0 Å². The molecule has 132 valence electrons. The van der Waals surface area contributed by atoms with E-state index in [1.807, 2.05) is 12.1 Å². The van der Waals surface area contributed by atoms with Crippen molar-refractivity contribution in [2.45, 2.75) is 18.6 Å². The largest absolute Gasteiger partial charge is 0.322 e. The summed E-state index contributed by atoms with van der Waals surface area (Å²) in [6.45, 7) is 1.21. The first-order valence-corrected chi connectivity index (χ1v) is 10.5. The fraction of sp³-hybridized carbons (Fsp3) is 0.278. The summed E-state index contributed by atoms with van der Waals surface area (Å²) in [5.74, 6) is -0.252. The molecule has 1 saturated heterocycles. The van der Waals surface area contributed by atoms with E-state index >= 15 is 0 Å². The average molecular weight is 423 g/mol. The molecule has 1 N–H and O–H groups in total. The van der Waals surface area contributed by atoms with E-state index in [1.54, 1.807) is 40.7 Å². The minimum Gasteiger partial charge on any atom is -0.322 e. The summed E-state index contributed by atoms with van der Waals surface area (Å²) in [4.78, 5) is 12.3. The van der Waals surface area contributed by atoms with E-state index in [2.05, 4.69) is 21.2 Å². The second-order valence-electron chi connectivity index (χ2n) is 6.02. The molecule has 1 aliphatic rings. The molecular formula is C18H19BrN2O3S. The van der Waals surface area contributed by atoms with Crippen LogP contribution in [-0.4, -0.2) is 31.7 Å². The van der Waals surface area contributed by atoms with Crippen LogP contribution >= 0.6 is 15.9 Å². The van der Waals surface area contributed by atoms with Gasteiger partial charge in [0.25, 0.3) is 5.91 Å². The predicted molar refractivity (Wildman–Crippen MR) is 102 cm³/mol. The quantitative estimate of drug-likeness (QED) is 0.799. The second-order valence-corrected chi connectivity index (χ2v) is 8.90. The topological polar surface area (TPSA) is 66.5 Å². The maximum Gasteiger partial charge on any atom is 0.255 e. The molecule has 1 heterocycles. The first-order chi connectivity index (χ1) is 11.9. The van der Waals surface area contributed by atoms with E-state index in [-0.39, 0.29) is 11.7 Å². The Morgan fingerprint density at radius 2 is 1.60 bits per heavy atom. The third-order valence-corrected chi connectivity index (χ3v) is 6.50. The van der Waals surface area contributed by atoms with Crippen LogP contribution in [0.4, 0.5) is 5.69 Å². The zero-order chi connectivity index (χ0) is 17.9. The zero-order valence-electron chi connectivity index (χ0n) is 13.6. The maximum atomic E-state index is 12.3. The van der Waals surface area contributed by atoms with Gasteiger partial charge in [-0.05, 0) is 54.8 Å². The number of carbonyl (C=O) groups excluding carboxylic acids is 1. The molecule has 0 aromatic heterocycles. The molecule has 7 heteroatoms. The summed E-state index contributed by atoms with van der Waals surface area (Å²) < 4.78 is 27.1. The van der Waals surface area contributed by atoms with Crippen LogP contribution in [0.1, 0.15) is 28.8 Å². The van der Waals surface area contributed by atoms with E-state index in [4.69, 9.17) is 0 Å². The van der Waals surface area contributed by atoms with Crippen LogP contribution < -0.4 is 5.32 Å². The van der Waals surface area contributed by atoms with Crippen LogP contribution in [0.25, 0.3) is 0 Å². The molecule has 0 bridgehead atoms. The van der Waals surface area contributed by atoms with Crippen molar-refractivity contribution in [1.82, 2.24) is 4.31 Å². The summed E-state index contributed by atoms with van der Waals surface area (Å²) in [5.41, 5.74) is 1.88. The summed E-state index contributed by atoms with van der Waals surface area (Å²) in [5, 5.41) is 2.81.